The van der Waals surface area contributed by atoms with E-state index in [1.165, 1.54) is 12.1 Å². The fourth-order valence-electron chi connectivity index (χ4n) is 5.91. The number of halogens is 2. The molecule has 5 rings (SSSR count). The second kappa shape index (κ2) is 14.3. The average molecular weight is 643 g/mol. The minimum absolute atomic E-state index is 0.0864. The Balaban J connectivity index is 1.51. The fourth-order valence-corrected chi connectivity index (χ4v) is 5.91. The molecular weight excluding hydrogens is 602 g/mol. The van der Waals surface area contributed by atoms with Crippen molar-refractivity contribution in [2.75, 3.05) is 31.6 Å². The summed E-state index contributed by atoms with van der Waals surface area (Å²) in [6.45, 7) is 7.09. The quantitative estimate of drug-likeness (QED) is 0.151. The molecule has 0 unspecified atom stereocenters. The molecule has 0 radical (unpaired) electrons. The van der Waals surface area contributed by atoms with Crippen molar-refractivity contribution >= 4 is 34.9 Å². The van der Waals surface area contributed by atoms with Gasteiger partial charge in [0.15, 0.2) is 0 Å². The van der Waals surface area contributed by atoms with Crippen molar-refractivity contribution in [1.29, 1.82) is 0 Å². The normalized spacial score (nSPS) is 13.8. The van der Waals surface area contributed by atoms with Crippen molar-refractivity contribution < 1.29 is 27.9 Å². The number of alkyl carbamates (subject to hydrolysis) is 1. The van der Waals surface area contributed by atoms with Crippen LogP contribution < -0.4 is 10.2 Å². The van der Waals surface area contributed by atoms with Gasteiger partial charge in [0.2, 0.25) is 0 Å². The summed E-state index contributed by atoms with van der Waals surface area (Å²) in [5.41, 5.74) is 4.06. The van der Waals surface area contributed by atoms with Crippen LogP contribution in [0.25, 0.3) is 33.2 Å². The maximum absolute atomic E-state index is 14.5. The highest BCUT2D eigenvalue weighted by Crippen LogP contribution is 2.40. The summed E-state index contributed by atoms with van der Waals surface area (Å²) in [5, 5.41) is 3.76. The monoisotopic (exact) mass is 642 g/mol. The van der Waals surface area contributed by atoms with E-state index in [0.29, 0.717) is 67.5 Å². The number of piperidine rings is 1. The van der Waals surface area contributed by atoms with Gasteiger partial charge in [-0.2, -0.15) is 0 Å². The number of benzene rings is 3. The molecule has 2 amide bonds. The maximum atomic E-state index is 14.5. The van der Waals surface area contributed by atoms with Crippen molar-refractivity contribution in [2.24, 2.45) is 0 Å². The summed E-state index contributed by atoms with van der Waals surface area (Å²) in [5.74, 6) is -1.51. The number of hydrogen-bond acceptors (Lipinski definition) is 6. The number of aromatic nitrogens is 1. The highest BCUT2D eigenvalue weighted by atomic mass is 19.1. The second-order valence-electron chi connectivity index (χ2n) is 12.9. The summed E-state index contributed by atoms with van der Waals surface area (Å²) in [6.07, 6.45) is 4.32. The molecule has 2 heterocycles. The number of anilines is 1. The van der Waals surface area contributed by atoms with Gasteiger partial charge in [-0.1, -0.05) is 18.2 Å². The Labute approximate surface area is 273 Å². The number of aldehydes is 1. The third-order valence-corrected chi connectivity index (χ3v) is 8.15. The lowest BCUT2D eigenvalue weighted by Gasteiger charge is -2.36. The van der Waals surface area contributed by atoms with Crippen LogP contribution in [0.2, 0.25) is 0 Å². The number of rotatable bonds is 9. The standard InChI is InChI=1S/C37H40F2N4O4/c1-37(2,3)47-36(46)41-30-12-15-43(16-13-30)34-31-21-25(24-8-7-9-26(18-24)35(45)42(4)14-5-6-17-44)10-11-33(31)40-23-32(34)27-19-28(38)22-29(39)20-27/h7-11,17-23,30H,5-6,12-16H2,1-4H3,(H,41,46). The number of amides is 2. The Morgan fingerprint density at radius 3 is 2.38 bits per heavy atom. The summed E-state index contributed by atoms with van der Waals surface area (Å²) < 4.78 is 34.3. The van der Waals surface area contributed by atoms with Gasteiger partial charge < -0.3 is 24.6 Å². The van der Waals surface area contributed by atoms with Crippen LogP contribution in [0.5, 0.6) is 0 Å². The first-order valence-electron chi connectivity index (χ1n) is 15.8. The third-order valence-electron chi connectivity index (χ3n) is 8.15. The zero-order valence-corrected chi connectivity index (χ0v) is 27.2. The lowest BCUT2D eigenvalue weighted by Crippen LogP contribution is -2.46. The van der Waals surface area contributed by atoms with E-state index >= 15 is 0 Å². The van der Waals surface area contributed by atoms with E-state index < -0.39 is 23.3 Å². The molecule has 1 saturated heterocycles. The molecule has 8 nitrogen and oxygen atoms in total. The van der Waals surface area contributed by atoms with Gasteiger partial charge in [0.05, 0.1) is 11.2 Å². The molecule has 10 heteroatoms. The largest absolute Gasteiger partial charge is 0.444 e. The predicted molar refractivity (Wildman–Crippen MR) is 179 cm³/mol. The summed E-state index contributed by atoms with van der Waals surface area (Å²) >= 11 is 0. The highest BCUT2D eigenvalue weighted by molar-refractivity contribution is 6.02. The van der Waals surface area contributed by atoms with E-state index in [0.717, 1.165) is 34.6 Å². The van der Waals surface area contributed by atoms with E-state index in [1.54, 1.807) is 24.2 Å². The van der Waals surface area contributed by atoms with Gasteiger partial charge in [0, 0.05) is 67.9 Å². The Hall–Kier alpha value is -4.86. The minimum atomic E-state index is -0.683. The molecule has 3 aromatic carbocycles. The molecule has 1 fully saturated rings. The molecule has 246 valence electrons. The summed E-state index contributed by atoms with van der Waals surface area (Å²) in [4.78, 5) is 44.7. The SMILES string of the molecule is CN(CCCC=O)C(=O)c1cccc(-c2ccc3ncc(-c4cc(F)cc(F)c4)c(N4CCC(NC(=O)OC(C)(C)C)CC4)c3c2)c1. The van der Waals surface area contributed by atoms with Crippen LogP contribution in [0.3, 0.4) is 0 Å². The first-order chi connectivity index (χ1) is 22.4. The lowest BCUT2D eigenvalue weighted by atomic mass is 9.95. The number of nitrogens with one attached hydrogen (secondary N) is 1. The van der Waals surface area contributed by atoms with E-state index in [-0.39, 0.29) is 11.9 Å². The van der Waals surface area contributed by atoms with Crippen LogP contribution in [-0.4, -0.2) is 66.5 Å². The number of nitrogens with zero attached hydrogens (tertiary/aromatic N) is 3. The van der Waals surface area contributed by atoms with Gasteiger partial charge >= 0.3 is 6.09 Å². The van der Waals surface area contributed by atoms with Crippen molar-refractivity contribution in [3.05, 3.63) is 84.1 Å². The molecule has 4 aromatic rings. The Kier molecular flexibility index (Phi) is 10.2. The lowest BCUT2D eigenvalue weighted by molar-refractivity contribution is -0.108. The average Bonchev–Trinajstić information content (AvgIpc) is 3.02. The van der Waals surface area contributed by atoms with Gasteiger partial charge in [-0.05, 0) is 93.1 Å². The Morgan fingerprint density at radius 2 is 1.70 bits per heavy atom. The van der Waals surface area contributed by atoms with Crippen LogP contribution in [0.15, 0.2) is 66.9 Å². The number of fused-ring (bicyclic) bond motifs is 1. The van der Waals surface area contributed by atoms with Crippen LogP contribution in [0.4, 0.5) is 19.3 Å². The number of hydrogen-bond donors (Lipinski definition) is 1. The summed E-state index contributed by atoms with van der Waals surface area (Å²) in [6, 6.07) is 16.6. The van der Waals surface area contributed by atoms with Gasteiger partial charge in [0.1, 0.15) is 23.5 Å². The molecule has 0 atom stereocenters. The number of ether oxygens (including phenoxy) is 1. The van der Waals surface area contributed by atoms with Gasteiger partial charge in [-0.15, -0.1) is 0 Å². The molecule has 1 aromatic heterocycles. The zero-order valence-electron chi connectivity index (χ0n) is 27.2. The molecule has 0 bridgehead atoms. The first kappa shape index (κ1) is 33.5. The number of unbranched alkanes of at least 4 members (excludes halogenated alkanes) is 1. The van der Waals surface area contributed by atoms with E-state index in [2.05, 4.69) is 15.2 Å². The van der Waals surface area contributed by atoms with E-state index in [4.69, 9.17) is 4.74 Å². The summed E-state index contributed by atoms with van der Waals surface area (Å²) in [7, 11) is 1.72. The molecular formula is C37H40F2N4O4. The Bertz CT molecular complexity index is 1760. The van der Waals surface area contributed by atoms with Crippen LogP contribution in [0.1, 0.15) is 56.8 Å². The van der Waals surface area contributed by atoms with Crippen molar-refractivity contribution in [1.82, 2.24) is 15.2 Å². The van der Waals surface area contributed by atoms with Crippen molar-refractivity contribution in [3.8, 4) is 22.3 Å². The van der Waals surface area contributed by atoms with Gasteiger partial charge in [-0.25, -0.2) is 13.6 Å². The van der Waals surface area contributed by atoms with Crippen molar-refractivity contribution in [2.45, 2.75) is 58.1 Å². The molecule has 0 saturated carbocycles. The molecule has 1 aliphatic heterocycles. The van der Waals surface area contributed by atoms with Crippen LogP contribution >= 0.6 is 0 Å². The molecule has 1 aliphatic rings. The zero-order chi connectivity index (χ0) is 33.7. The fraction of sp³-hybridized carbons (Fsp3) is 0.351. The van der Waals surface area contributed by atoms with E-state index in [9.17, 15) is 23.2 Å². The van der Waals surface area contributed by atoms with E-state index in [1.807, 2.05) is 57.2 Å². The number of pyridine rings is 1. The highest BCUT2D eigenvalue weighted by Gasteiger charge is 2.27. The smallest absolute Gasteiger partial charge is 0.407 e. The van der Waals surface area contributed by atoms with Crippen LogP contribution in [0, 0.1) is 11.6 Å². The van der Waals surface area contributed by atoms with Gasteiger partial charge in [-0.3, -0.25) is 9.78 Å². The molecule has 1 N–H and O–H groups in total. The predicted octanol–water partition coefficient (Wildman–Crippen LogP) is 7.39. The molecule has 0 aliphatic carbocycles. The van der Waals surface area contributed by atoms with Gasteiger partial charge in [0.25, 0.3) is 5.91 Å². The maximum Gasteiger partial charge on any atom is 0.407 e. The molecule has 47 heavy (non-hydrogen) atoms. The third kappa shape index (κ3) is 8.30. The Morgan fingerprint density at radius 1 is 1.00 bits per heavy atom. The molecule has 0 spiro atoms. The second-order valence-corrected chi connectivity index (χ2v) is 12.9. The van der Waals surface area contributed by atoms with Crippen molar-refractivity contribution in [3.63, 3.8) is 0 Å². The first-order valence-corrected chi connectivity index (χ1v) is 15.8. The number of carbonyl (C=O) groups excluding carboxylic acids is 3. The topological polar surface area (TPSA) is 91.8 Å². The minimum Gasteiger partial charge on any atom is -0.444 e. The number of carbonyl (C=O) groups is 3. The van der Waals surface area contributed by atoms with Crippen LogP contribution in [-0.2, 0) is 9.53 Å².